The fourth-order valence-corrected chi connectivity index (χ4v) is 11.8. The average molecular weight is 633 g/mol. The second-order valence-electron chi connectivity index (χ2n) is 16.3. The maximum Gasteiger partial charge on any atom is 0.335 e. The molecular formula is C35H52O10. The highest BCUT2D eigenvalue weighted by Gasteiger charge is 2.69. The summed E-state index contributed by atoms with van der Waals surface area (Å²) in [6.07, 6.45) is 0.945. The molecule has 4 saturated carbocycles. The largest absolute Gasteiger partial charge is 0.481 e. The number of carboxylic acids is 2. The van der Waals surface area contributed by atoms with Crippen LogP contribution >= 0.6 is 0 Å². The monoisotopic (exact) mass is 632 g/mol. The van der Waals surface area contributed by atoms with Crippen LogP contribution in [-0.2, 0) is 19.1 Å². The van der Waals surface area contributed by atoms with Crippen LogP contribution in [0.4, 0.5) is 0 Å². The molecule has 5 aliphatic carbocycles. The van der Waals surface area contributed by atoms with E-state index in [0.29, 0.717) is 25.2 Å². The van der Waals surface area contributed by atoms with Crippen LogP contribution < -0.4 is 0 Å². The van der Waals surface area contributed by atoms with Crippen LogP contribution in [0, 0.1) is 44.8 Å². The highest BCUT2D eigenvalue weighted by molar-refractivity contribution is 5.77. The number of aliphatic hydroxyl groups excluding tert-OH is 4. The molecule has 14 atom stereocenters. The van der Waals surface area contributed by atoms with Gasteiger partial charge in [0.05, 0.1) is 18.1 Å². The Bertz CT molecular complexity index is 1280. The molecule has 0 aromatic rings. The van der Waals surface area contributed by atoms with Crippen molar-refractivity contribution in [3.05, 3.63) is 23.8 Å². The van der Waals surface area contributed by atoms with Crippen molar-refractivity contribution in [3.63, 3.8) is 0 Å². The number of rotatable bonds is 5. The fourth-order valence-electron chi connectivity index (χ4n) is 11.8. The lowest BCUT2D eigenvalue weighted by Gasteiger charge is -2.71. The van der Waals surface area contributed by atoms with E-state index in [1.54, 1.807) is 0 Å². The first-order valence-electron chi connectivity index (χ1n) is 16.8. The predicted octanol–water partition coefficient (Wildman–Crippen LogP) is 3.65. The molecule has 0 spiro atoms. The normalized spacial score (nSPS) is 52.8. The molecule has 10 heteroatoms. The summed E-state index contributed by atoms with van der Waals surface area (Å²) in [4.78, 5) is 24.5. The van der Waals surface area contributed by atoms with Gasteiger partial charge in [0.15, 0.2) is 12.4 Å². The minimum absolute atomic E-state index is 0.0319. The number of fused-ring (bicyclic) bond motifs is 7. The first-order valence-corrected chi connectivity index (χ1v) is 16.8. The summed E-state index contributed by atoms with van der Waals surface area (Å²) in [5.74, 6) is -1.83. The number of allylic oxidation sites excluding steroid dienone is 3. The standard InChI is InChI=1S/C35H52O10/c1-18-8-13-35(30(42)43)15-14-33(4)19(20(35)16-18)6-7-22-31(2)11-10-23(32(3,17-36)21(31)9-12-34(22,33)5)44-29-26(39)24(37)25(38)27(45-29)28(40)41/h6,20-27,29,36-39H,1,7-17H2,2-5H3,(H,40,41)(H,42,43). The van der Waals surface area contributed by atoms with E-state index < -0.39 is 59.6 Å². The van der Waals surface area contributed by atoms with Gasteiger partial charge in [0.1, 0.15) is 18.3 Å². The molecule has 0 aromatic carbocycles. The van der Waals surface area contributed by atoms with Crippen LogP contribution in [0.15, 0.2) is 23.8 Å². The Hall–Kier alpha value is -1.82. The third-order valence-corrected chi connectivity index (χ3v) is 14.7. The number of hydrogen-bond acceptors (Lipinski definition) is 8. The molecule has 0 bridgehead atoms. The van der Waals surface area contributed by atoms with Gasteiger partial charge in [0.25, 0.3) is 0 Å². The van der Waals surface area contributed by atoms with Crippen LogP contribution in [0.5, 0.6) is 0 Å². The smallest absolute Gasteiger partial charge is 0.335 e. The third-order valence-electron chi connectivity index (χ3n) is 14.7. The number of aliphatic hydroxyl groups is 4. The van der Waals surface area contributed by atoms with Crippen molar-refractivity contribution in [2.24, 2.45) is 44.8 Å². The molecule has 6 rings (SSSR count). The van der Waals surface area contributed by atoms with Crippen molar-refractivity contribution < 1.29 is 49.7 Å². The zero-order valence-electron chi connectivity index (χ0n) is 27.1. The molecule has 1 aliphatic heterocycles. The van der Waals surface area contributed by atoms with Gasteiger partial charge >= 0.3 is 11.9 Å². The molecular weight excluding hydrogens is 580 g/mol. The van der Waals surface area contributed by atoms with Gasteiger partial charge in [-0.1, -0.05) is 51.5 Å². The molecule has 6 N–H and O–H groups in total. The highest BCUT2D eigenvalue weighted by Crippen LogP contribution is 2.75. The van der Waals surface area contributed by atoms with E-state index >= 15 is 0 Å². The van der Waals surface area contributed by atoms with Crippen molar-refractivity contribution in [2.45, 2.75) is 129 Å². The number of carbonyl (C=O) groups is 2. The van der Waals surface area contributed by atoms with Crippen LogP contribution in [0.3, 0.4) is 0 Å². The summed E-state index contributed by atoms with van der Waals surface area (Å²) >= 11 is 0. The Morgan fingerprint density at radius 2 is 1.67 bits per heavy atom. The predicted molar refractivity (Wildman–Crippen MR) is 163 cm³/mol. The summed E-state index contributed by atoms with van der Waals surface area (Å²) in [5.41, 5.74) is 0.593. The Morgan fingerprint density at radius 3 is 2.31 bits per heavy atom. The summed E-state index contributed by atoms with van der Waals surface area (Å²) in [7, 11) is 0. The lowest BCUT2D eigenvalue weighted by atomic mass is 9.34. The minimum Gasteiger partial charge on any atom is -0.481 e. The SMILES string of the molecule is C=C1CCC2(C(=O)O)CCC3(C)C(=CCC4C5(C)CCC(OC6OC(C(=O)O)C(O)C(O)C6O)C(C)(CO)C5CCC43C)C2C1. The van der Waals surface area contributed by atoms with Gasteiger partial charge in [-0.2, -0.15) is 0 Å². The van der Waals surface area contributed by atoms with Gasteiger partial charge in [0, 0.05) is 11.3 Å². The molecule has 5 fully saturated rings. The second-order valence-corrected chi connectivity index (χ2v) is 16.3. The van der Waals surface area contributed by atoms with Crippen molar-refractivity contribution in [3.8, 4) is 0 Å². The minimum atomic E-state index is -1.80. The quantitative estimate of drug-likeness (QED) is 0.194. The van der Waals surface area contributed by atoms with Crippen molar-refractivity contribution in [1.82, 2.24) is 0 Å². The van der Waals surface area contributed by atoms with E-state index in [4.69, 9.17) is 9.47 Å². The Kier molecular flexibility index (Phi) is 7.98. The summed E-state index contributed by atoms with van der Waals surface area (Å²) in [6.45, 7) is 13.2. The van der Waals surface area contributed by atoms with Gasteiger partial charge < -0.3 is 40.1 Å². The molecule has 0 radical (unpaired) electrons. The molecule has 252 valence electrons. The summed E-state index contributed by atoms with van der Waals surface area (Å²) in [6, 6.07) is 0. The van der Waals surface area contributed by atoms with E-state index in [9.17, 15) is 40.2 Å². The zero-order valence-corrected chi connectivity index (χ0v) is 27.1. The summed E-state index contributed by atoms with van der Waals surface area (Å²) < 4.78 is 11.7. The third kappa shape index (κ3) is 4.42. The van der Waals surface area contributed by atoms with E-state index in [1.165, 1.54) is 5.57 Å². The van der Waals surface area contributed by atoms with Gasteiger partial charge in [-0.3, -0.25) is 4.79 Å². The maximum atomic E-state index is 12.8. The average Bonchev–Trinajstić information content (AvgIpc) is 2.98. The van der Waals surface area contributed by atoms with Crippen molar-refractivity contribution in [2.75, 3.05) is 6.61 Å². The number of hydrogen-bond donors (Lipinski definition) is 6. The van der Waals surface area contributed by atoms with E-state index in [2.05, 4.69) is 33.4 Å². The van der Waals surface area contributed by atoms with Crippen LogP contribution in [0.2, 0.25) is 0 Å². The Morgan fingerprint density at radius 1 is 0.956 bits per heavy atom. The van der Waals surface area contributed by atoms with Gasteiger partial charge in [-0.25, -0.2) is 4.79 Å². The summed E-state index contributed by atoms with van der Waals surface area (Å²) in [5, 5.41) is 62.2. The number of ether oxygens (including phenoxy) is 2. The topological polar surface area (TPSA) is 174 Å². The van der Waals surface area contributed by atoms with Crippen LogP contribution in [-0.4, -0.2) is 86.0 Å². The lowest BCUT2D eigenvalue weighted by molar-refractivity contribution is -0.327. The van der Waals surface area contributed by atoms with Crippen LogP contribution in [0.25, 0.3) is 0 Å². The van der Waals surface area contributed by atoms with Gasteiger partial charge in [-0.05, 0) is 92.3 Å². The molecule has 0 amide bonds. The molecule has 14 unspecified atom stereocenters. The molecule has 45 heavy (non-hydrogen) atoms. The van der Waals surface area contributed by atoms with Crippen molar-refractivity contribution >= 4 is 11.9 Å². The van der Waals surface area contributed by atoms with Crippen molar-refractivity contribution in [1.29, 1.82) is 0 Å². The highest BCUT2D eigenvalue weighted by atomic mass is 16.7. The first-order chi connectivity index (χ1) is 21.0. The molecule has 1 heterocycles. The Balaban J connectivity index is 1.31. The van der Waals surface area contributed by atoms with E-state index in [0.717, 1.165) is 50.5 Å². The maximum absolute atomic E-state index is 12.8. The fraction of sp³-hybridized carbons (Fsp3) is 0.829. The van der Waals surface area contributed by atoms with Gasteiger partial charge in [-0.15, -0.1) is 0 Å². The molecule has 0 aromatic heterocycles. The zero-order chi connectivity index (χ0) is 32.9. The lowest BCUT2D eigenvalue weighted by Crippen LogP contribution is -2.67. The Labute approximate surface area is 265 Å². The van der Waals surface area contributed by atoms with E-state index in [1.807, 2.05) is 6.92 Å². The first kappa shape index (κ1) is 33.1. The number of aliphatic carboxylic acids is 2. The number of carboxylic acid groups (broad SMARTS) is 2. The molecule has 1 saturated heterocycles. The second kappa shape index (κ2) is 10.9. The van der Waals surface area contributed by atoms with E-state index in [-0.39, 0.29) is 34.7 Å². The molecule has 10 nitrogen and oxygen atoms in total. The van der Waals surface area contributed by atoms with Crippen LogP contribution in [0.1, 0.15) is 91.9 Å². The molecule has 6 aliphatic rings. The van der Waals surface area contributed by atoms with Gasteiger partial charge in [0.2, 0.25) is 0 Å².